The first-order chi connectivity index (χ1) is 15.5. The van der Waals surface area contributed by atoms with Crippen LogP contribution in [-0.4, -0.2) is 60.6 Å². The van der Waals surface area contributed by atoms with Crippen LogP contribution in [0.5, 0.6) is 0 Å². The average molecular weight is 439 g/mol. The maximum absolute atomic E-state index is 13.4. The number of benzene rings is 2. The highest BCUT2D eigenvalue weighted by Gasteiger charge is 2.44. The minimum atomic E-state index is -0.897. The molecule has 0 spiro atoms. The number of likely N-dealkylation sites (N-methyl/N-ethyl adjacent to an activating group) is 1. The molecule has 0 bridgehead atoms. The predicted molar refractivity (Wildman–Crippen MR) is 122 cm³/mol. The monoisotopic (exact) mass is 438 g/mol. The van der Waals surface area contributed by atoms with E-state index in [1.54, 1.807) is 11.9 Å². The molecule has 9 heteroatoms. The largest absolute Gasteiger partial charge is 0.342 e. The van der Waals surface area contributed by atoms with Crippen LogP contribution in [0.3, 0.4) is 0 Å². The molecule has 0 aromatic heterocycles. The Bertz CT molecular complexity index is 1010. The van der Waals surface area contributed by atoms with Crippen molar-refractivity contribution in [2.24, 2.45) is 5.73 Å². The van der Waals surface area contributed by atoms with Crippen molar-refractivity contribution in [3.63, 3.8) is 0 Å². The van der Waals surface area contributed by atoms with Crippen LogP contribution >= 0.6 is 0 Å². The average Bonchev–Trinajstić information content (AvgIpc) is 3.22. The lowest BCUT2D eigenvalue weighted by atomic mass is 10.1. The number of anilines is 1. The van der Waals surface area contributed by atoms with Gasteiger partial charge >= 0.3 is 0 Å². The molecule has 0 saturated carbocycles. The van der Waals surface area contributed by atoms with Gasteiger partial charge in [-0.3, -0.25) is 25.0 Å². The number of amides is 3. The van der Waals surface area contributed by atoms with E-state index < -0.39 is 24.2 Å². The lowest BCUT2D eigenvalue weighted by Crippen LogP contribution is -2.61. The van der Waals surface area contributed by atoms with E-state index in [4.69, 9.17) is 5.73 Å². The Kier molecular flexibility index (Phi) is 6.69. The quantitative estimate of drug-likeness (QED) is 0.432. The first-order valence-electron chi connectivity index (χ1n) is 11.1. The Labute approximate surface area is 187 Å². The van der Waals surface area contributed by atoms with Gasteiger partial charge in [0, 0.05) is 11.1 Å². The molecule has 2 aliphatic rings. The van der Waals surface area contributed by atoms with E-state index in [2.05, 4.69) is 21.3 Å². The summed E-state index contributed by atoms with van der Waals surface area (Å²) >= 11 is 0. The third-order valence-corrected chi connectivity index (χ3v) is 6.25. The van der Waals surface area contributed by atoms with Crippen molar-refractivity contribution in [2.45, 2.75) is 50.1 Å². The fourth-order valence-electron chi connectivity index (χ4n) is 4.53. The fourth-order valence-corrected chi connectivity index (χ4v) is 4.53. The molecule has 32 heavy (non-hydrogen) atoms. The van der Waals surface area contributed by atoms with Gasteiger partial charge in [-0.15, -0.1) is 0 Å². The fraction of sp³-hybridized carbons (Fsp3) is 0.435. The zero-order valence-electron chi connectivity index (χ0n) is 18.1. The second-order valence-electron chi connectivity index (χ2n) is 8.29. The number of rotatable bonds is 5. The normalized spacial score (nSPS) is 24.4. The highest BCUT2D eigenvalue weighted by molar-refractivity contribution is 6.05. The molecule has 2 aromatic carbocycles. The molecule has 4 rings (SSSR count). The van der Waals surface area contributed by atoms with Gasteiger partial charge < -0.3 is 21.3 Å². The third-order valence-electron chi connectivity index (χ3n) is 6.25. The number of carbonyl (C=O) groups is 3. The summed E-state index contributed by atoms with van der Waals surface area (Å²) in [5, 5.41) is 13.8. The Balaban J connectivity index is 1.54. The molecule has 4 atom stereocenters. The minimum absolute atomic E-state index is 0.225. The van der Waals surface area contributed by atoms with Crippen LogP contribution < -0.4 is 27.0 Å². The van der Waals surface area contributed by atoms with Crippen LogP contribution in [-0.2, 0) is 14.4 Å². The van der Waals surface area contributed by atoms with Crippen molar-refractivity contribution >= 4 is 34.2 Å². The SMILES string of the molecule is CN[C@@H](N)C(=O)NC1CCCNC2CCC(C(=O)Nc3cccc4ccccc34)N2C1=O. The zero-order valence-corrected chi connectivity index (χ0v) is 18.1. The number of carbonyl (C=O) groups excluding carboxylic acids is 3. The summed E-state index contributed by atoms with van der Waals surface area (Å²) in [6, 6.07) is 12.3. The molecule has 2 saturated heterocycles. The van der Waals surface area contributed by atoms with E-state index >= 15 is 0 Å². The molecule has 6 N–H and O–H groups in total. The van der Waals surface area contributed by atoms with Crippen molar-refractivity contribution in [1.82, 2.24) is 20.9 Å². The van der Waals surface area contributed by atoms with Gasteiger partial charge in [-0.1, -0.05) is 36.4 Å². The van der Waals surface area contributed by atoms with E-state index in [0.717, 1.165) is 17.2 Å². The Morgan fingerprint density at radius 3 is 2.72 bits per heavy atom. The minimum Gasteiger partial charge on any atom is -0.342 e. The standard InChI is InChI=1S/C23H30N6O3/c1-25-20(24)22(31)28-17-10-5-13-26-19-12-11-18(29(19)23(17)32)21(30)27-16-9-4-7-14-6-2-3-8-15(14)16/h2-4,6-9,17-20,25-26H,5,10-13,24H2,1H3,(H,27,30)(H,28,31)/t17?,18?,19?,20-/m1/s1. The second kappa shape index (κ2) is 9.64. The molecule has 0 radical (unpaired) electrons. The molecule has 2 aromatic rings. The van der Waals surface area contributed by atoms with Crippen LogP contribution in [0.2, 0.25) is 0 Å². The molecule has 2 fully saturated rings. The van der Waals surface area contributed by atoms with E-state index in [1.165, 1.54) is 0 Å². The number of nitrogens with zero attached hydrogens (tertiary/aromatic N) is 1. The smallest absolute Gasteiger partial charge is 0.252 e. The van der Waals surface area contributed by atoms with E-state index in [9.17, 15) is 14.4 Å². The summed E-state index contributed by atoms with van der Waals surface area (Å²) < 4.78 is 0. The number of hydrogen-bond donors (Lipinski definition) is 5. The summed E-state index contributed by atoms with van der Waals surface area (Å²) in [6.45, 7) is 0.705. The number of hydrogen-bond acceptors (Lipinski definition) is 6. The molecule has 0 aliphatic carbocycles. The number of fused-ring (bicyclic) bond motifs is 2. The first kappa shape index (κ1) is 22.2. The highest BCUT2D eigenvalue weighted by Crippen LogP contribution is 2.28. The maximum atomic E-state index is 13.4. The van der Waals surface area contributed by atoms with Gasteiger partial charge in [0.15, 0.2) is 0 Å². The Morgan fingerprint density at radius 1 is 1.12 bits per heavy atom. The Hall–Kier alpha value is -3.01. The summed E-state index contributed by atoms with van der Waals surface area (Å²) in [4.78, 5) is 40.6. The molecular weight excluding hydrogens is 408 g/mol. The van der Waals surface area contributed by atoms with E-state index in [0.29, 0.717) is 31.5 Å². The maximum Gasteiger partial charge on any atom is 0.252 e. The Morgan fingerprint density at radius 2 is 1.91 bits per heavy atom. The van der Waals surface area contributed by atoms with Crippen LogP contribution in [0.1, 0.15) is 25.7 Å². The first-order valence-corrected chi connectivity index (χ1v) is 11.1. The van der Waals surface area contributed by atoms with Crippen molar-refractivity contribution in [3.05, 3.63) is 42.5 Å². The van der Waals surface area contributed by atoms with Gasteiger partial charge in [-0.05, 0) is 50.7 Å². The topological polar surface area (TPSA) is 129 Å². The van der Waals surface area contributed by atoms with E-state index in [1.807, 2.05) is 42.5 Å². The third kappa shape index (κ3) is 4.45. The molecule has 2 heterocycles. The summed E-state index contributed by atoms with van der Waals surface area (Å²) in [5.41, 5.74) is 6.45. The van der Waals surface area contributed by atoms with Crippen molar-refractivity contribution in [2.75, 3.05) is 18.9 Å². The van der Waals surface area contributed by atoms with Gasteiger partial charge in [-0.25, -0.2) is 0 Å². The van der Waals surface area contributed by atoms with Gasteiger partial charge in [0.25, 0.3) is 5.91 Å². The number of nitrogens with one attached hydrogen (secondary N) is 4. The van der Waals surface area contributed by atoms with E-state index in [-0.39, 0.29) is 18.0 Å². The van der Waals surface area contributed by atoms with Crippen LogP contribution in [0.25, 0.3) is 10.8 Å². The van der Waals surface area contributed by atoms with Gasteiger partial charge in [0.05, 0.1) is 6.17 Å². The lowest BCUT2D eigenvalue weighted by Gasteiger charge is -2.35. The highest BCUT2D eigenvalue weighted by atomic mass is 16.2. The summed E-state index contributed by atoms with van der Waals surface area (Å²) in [7, 11) is 1.58. The molecule has 3 unspecified atom stereocenters. The zero-order chi connectivity index (χ0) is 22.7. The van der Waals surface area contributed by atoms with Gasteiger partial charge in [0.1, 0.15) is 18.2 Å². The predicted octanol–water partition coefficient (Wildman–Crippen LogP) is 0.468. The van der Waals surface area contributed by atoms with Crippen molar-refractivity contribution in [1.29, 1.82) is 0 Å². The van der Waals surface area contributed by atoms with Crippen LogP contribution in [0, 0.1) is 0 Å². The molecular formula is C23H30N6O3. The van der Waals surface area contributed by atoms with Gasteiger partial charge in [-0.2, -0.15) is 0 Å². The summed E-state index contributed by atoms with van der Waals surface area (Å²) in [6.07, 6.45) is 1.32. The van der Waals surface area contributed by atoms with Gasteiger partial charge in [0.2, 0.25) is 11.8 Å². The molecule has 2 aliphatic heterocycles. The second-order valence-corrected chi connectivity index (χ2v) is 8.29. The van der Waals surface area contributed by atoms with Crippen LogP contribution in [0.15, 0.2) is 42.5 Å². The molecule has 9 nitrogen and oxygen atoms in total. The number of nitrogens with two attached hydrogens (primary N) is 1. The van der Waals surface area contributed by atoms with Crippen LogP contribution in [0.4, 0.5) is 5.69 Å². The van der Waals surface area contributed by atoms with Crippen molar-refractivity contribution in [3.8, 4) is 0 Å². The molecule has 170 valence electrons. The summed E-state index contributed by atoms with van der Waals surface area (Å²) in [5.74, 6) is -0.919. The molecule has 3 amide bonds. The lowest BCUT2D eigenvalue weighted by molar-refractivity contribution is -0.143. The van der Waals surface area contributed by atoms with Crippen molar-refractivity contribution < 1.29 is 14.4 Å².